The van der Waals surface area contributed by atoms with Gasteiger partial charge >= 0.3 is 0 Å². The molecule has 1 rings (SSSR count). The molecule has 5 heteroatoms. The van der Waals surface area contributed by atoms with Crippen molar-refractivity contribution in [3.8, 4) is 6.07 Å². The van der Waals surface area contributed by atoms with Crippen LogP contribution in [0.25, 0.3) is 0 Å². The first-order valence-electron chi connectivity index (χ1n) is 5.24. The van der Waals surface area contributed by atoms with Gasteiger partial charge in [-0.2, -0.15) is 5.26 Å². The molecule has 1 heterocycles. The normalized spacial score (nSPS) is 12.1. The molecule has 1 aromatic rings. The first-order chi connectivity index (χ1) is 7.69. The number of aliphatic hydroxyl groups is 1. The van der Waals surface area contributed by atoms with Gasteiger partial charge in [0.25, 0.3) is 0 Å². The van der Waals surface area contributed by atoms with Crippen molar-refractivity contribution >= 4 is 17.4 Å². The number of pyridine rings is 1. The summed E-state index contributed by atoms with van der Waals surface area (Å²) in [6, 6.07) is 3.53. The van der Waals surface area contributed by atoms with Gasteiger partial charge in [0.2, 0.25) is 0 Å². The molecule has 1 aromatic heterocycles. The lowest BCUT2D eigenvalue weighted by atomic mass is 9.86. The molecule has 4 nitrogen and oxygen atoms in total. The van der Waals surface area contributed by atoms with E-state index in [9.17, 15) is 5.11 Å². The lowest BCUT2D eigenvalue weighted by Crippen LogP contribution is -2.51. The van der Waals surface area contributed by atoms with Crippen LogP contribution < -0.4 is 5.32 Å². The predicted octanol–water partition coefficient (Wildman–Crippen LogP) is 2.57. The molecule has 0 aliphatic rings. The van der Waals surface area contributed by atoms with Crippen molar-refractivity contribution in [2.24, 2.45) is 0 Å². The Morgan fingerprint density at radius 3 is 2.47 bits per heavy atom. The molecule has 0 saturated heterocycles. The topological polar surface area (TPSA) is 68.9 Å². The summed E-state index contributed by atoms with van der Waals surface area (Å²) in [4.78, 5) is 4.08. The van der Waals surface area contributed by atoms with Crippen LogP contribution in [0, 0.1) is 11.3 Å². The second kappa shape index (κ2) is 4.52. The monoisotopic (exact) mass is 253 g/mol. The minimum Gasteiger partial charge on any atom is -0.388 e. The van der Waals surface area contributed by atoms with Crippen LogP contribution in [0.2, 0.25) is 5.02 Å². The number of nitriles is 1. The van der Waals surface area contributed by atoms with E-state index in [2.05, 4.69) is 10.3 Å². The van der Waals surface area contributed by atoms with Gasteiger partial charge in [0, 0.05) is 6.20 Å². The van der Waals surface area contributed by atoms with E-state index in [0.717, 1.165) is 0 Å². The average Bonchev–Trinajstić information content (AvgIpc) is 2.19. The SMILES string of the molecule is CC(C)(O)C(C)(C)Nc1nccc(C#N)c1Cl. The molecule has 0 amide bonds. The van der Waals surface area contributed by atoms with Gasteiger partial charge in [0.1, 0.15) is 16.9 Å². The third-order valence-electron chi connectivity index (χ3n) is 2.97. The van der Waals surface area contributed by atoms with Crippen molar-refractivity contribution in [2.45, 2.75) is 38.8 Å². The standard InChI is InChI=1S/C12H16ClN3O/c1-11(2,12(3,4)17)16-10-9(13)8(7-14)5-6-15-10/h5-6,17H,1-4H3,(H,15,16). The average molecular weight is 254 g/mol. The van der Waals surface area contributed by atoms with Gasteiger partial charge in [-0.1, -0.05) is 11.6 Å². The summed E-state index contributed by atoms with van der Waals surface area (Å²) in [5.41, 5.74) is -1.23. The van der Waals surface area contributed by atoms with E-state index in [4.69, 9.17) is 16.9 Å². The van der Waals surface area contributed by atoms with Crippen molar-refractivity contribution in [3.63, 3.8) is 0 Å². The van der Waals surface area contributed by atoms with E-state index < -0.39 is 11.1 Å². The van der Waals surface area contributed by atoms with Crippen LogP contribution in [0.4, 0.5) is 5.82 Å². The summed E-state index contributed by atoms with van der Waals surface area (Å²) in [7, 11) is 0. The molecule has 0 aliphatic heterocycles. The van der Waals surface area contributed by atoms with Crippen LogP contribution in [-0.2, 0) is 0 Å². The summed E-state index contributed by atoms with van der Waals surface area (Å²) >= 11 is 6.04. The van der Waals surface area contributed by atoms with Gasteiger partial charge in [-0.25, -0.2) is 4.98 Å². The summed E-state index contributed by atoms with van der Waals surface area (Å²) in [5.74, 6) is 0.401. The van der Waals surface area contributed by atoms with E-state index in [1.165, 1.54) is 6.20 Å². The van der Waals surface area contributed by atoms with Crippen LogP contribution in [0.15, 0.2) is 12.3 Å². The summed E-state index contributed by atoms with van der Waals surface area (Å²) < 4.78 is 0. The molecule has 0 fully saturated rings. The maximum atomic E-state index is 10.0. The Morgan fingerprint density at radius 1 is 1.41 bits per heavy atom. The molecule has 0 atom stereocenters. The molecule has 2 N–H and O–H groups in total. The van der Waals surface area contributed by atoms with Crippen LogP contribution >= 0.6 is 11.6 Å². The van der Waals surface area contributed by atoms with Crippen LogP contribution in [-0.4, -0.2) is 21.2 Å². The van der Waals surface area contributed by atoms with Crippen LogP contribution in [0.5, 0.6) is 0 Å². The molecule has 0 spiro atoms. The molecule has 0 unspecified atom stereocenters. The molecule has 0 radical (unpaired) electrons. The number of aromatic nitrogens is 1. The highest BCUT2D eigenvalue weighted by molar-refractivity contribution is 6.34. The highest BCUT2D eigenvalue weighted by Gasteiger charge is 2.35. The Bertz CT molecular complexity index is 458. The third kappa shape index (κ3) is 2.87. The minimum atomic E-state index is -0.958. The number of hydrogen-bond acceptors (Lipinski definition) is 4. The van der Waals surface area contributed by atoms with E-state index in [1.807, 2.05) is 19.9 Å². The zero-order valence-corrected chi connectivity index (χ0v) is 11.1. The van der Waals surface area contributed by atoms with Gasteiger partial charge in [-0.3, -0.25) is 0 Å². The van der Waals surface area contributed by atoms with Crippen LogP contribution in [0.3, 0.4) is 0 Å². The quantitative estimate of drug-likeness (QED) is 0.869. The number of nitrogens with zero attached hydrogens (tertiary/aromatic N) is 2. The maximum absolute atomic E-state index is 10.0. The van der Waals surface area contributed by atoms with Gasteiger partial charge in [0.15, 0.2) is 0 Å². The van der Waals surface area contributed by atoms with Gasteiger partial charge in [0.05, 0.1) is 16.7 Å². The van der Waals surface area contributed by atoms with Gasteiger partial charge < -0.3 is 10.4 Å². The molecule has 0 aromatic carbocycles. The van der Waals surface area contributed by atoms with Crippen molar-refractivity contribution in [2.75, 3.05) is 5.32 Å². The fourth-order valence-corrected chi connectivity index (χ4v) is 1.27. The van der Waals surface area contributed by atoms with E-state index >= 15 is 0 Å². The van der Waals surface area contributed by atoms with Crippen molar-refractivity contribution in [3.05, 3.63) is 22.8 Å². The zero-order chi connectivity index (χ0) is 13.3. The second-order valence-electron chi connectivity index (χ2n) is 4.94. The van der Waals surface area contributed by atoms with E-state index in [0.29, 0.717) is 11.4 Å². The number of anilines is 1. The zero-order valence-electron chi connectivity index (χ0n) is 10.4. The van der Waals surface area contributed by atoms with Crippen molar-refractivity contribution in [1.29, 1.82) is 5.26 Å². The first kappa shape index (κ1) is 13.8. The van der Waals surface area contributed by atoms with E-state index in [1.54, 1.807) is 19.9 Å². The van der Waals surface area contributed by atoms with Crippen molar-refractivity contribution in [1.82, 2.24) is 4.98 Å². The number of rotatable bonds is 3. The fourth-order valence-electron chi connectivity index (χ4n) is 1.07. The number of hydrogen-bond donors (Lipinski definition) is 2. The summed E-state index contributed by atoms with van der Waals surface area (Å²) in [6.45, 7) is 7.07. The Labute approximate surface area is 106 Å². The maximum Gasteiger partial charge on any atom is 0.146 e. The summed E-state index contributed by atoms with van der Waals surface area (Å²) in [6.07, 6.45) is 1.51. The Hall–Kier alpha value is -1.31. The lowest BCUT2D eigenvalue weighted by Gasteiger charge is -2.38. The second-order valence-corrected chi connectivity index (χ2v) is 5.32. The highest BCUT2D eigenvalue weighted by atomic mass is 35.5. The molecule has 0 saturated carbocycles. The number of halogens is 1. The first-order valence-corrected chi connectivity index (χ1v) is 5.62. The largest absolute Gasteiger partial charge is 0.388 e. The predicted molar refractivity (Wildman–Crippen MR) is 68.0 cm³/mol. The van der Waals surface area contributed by atoms with E-state index in [-0.39, 0.29) is 5.02 Å². The fraction of sp³-hybridized carbons (Fsp3) is 0.500. The molecule has 0 bridgehead atoms. The third-order valence-corrected chi connectivity index (χ3v) is 3.35. The van der Waals surface area contributed by atoms with Crippen molar-refractivity contribution < 1.29 is 5.11 Å². The minimum absolute atomic E-state index is 0.271. The lowest BCUT2D eigenvalue weighted by molar-refractivity contribution is 0.0239. The molecule has 0 aliphatic carbocycles. The summed E-state index contributed by atoms with van der Waals surface area (Å²) in [5, 5.41) is 22.2. The molecule has 92 valence electrons. The Morgan fingerprint density at radius 2 is 2.00 bits per heavy atom. The molecular weight excluding hydrogens is 238 g/mol. The Kier molecular flexibility index (Phi) is 3.65. The molecular formula is C12H16ClN3O. The van der Waals surface area contributed by atoms with Crippen LogP contribution in [0.1, 0.15) is 33.3 Å². The highest BCUT2D eigenvalue weighted by Crippen LogP contribution is 2.30. The van der Waals surface area contributed by atoms with Gasteiger partial charge in [-0.15, -0.1) is 0 Å². The smallest absolute Gasteiger partial charge is 0.146 e. The molecule has 17 heavy (non-hydrogen) atoms. The van der Waals surface area contributed by atoms with Gasteiger partial charge in [-0.05, 0) is 33.8 Å². The number of nitrogens with one attached hydrogen (secondary N) is 1. The Balaban J connectivity index is 3.10.